The molecule has 1 heterocycles. The molecule has 0 spiro atoms. The Balaban J connectivity index is 2.14. The van der Waals surface area contributed by atoms with Crippen LogP contribution in [0.1, 0.15) is 26.3 Å². The molecule has 0 aliphatic heterocycles. The summed E-state index contributed by atoms with van der Waals surface area (Å²) in [5.74, 6) is 0. The SMILES string of the molecule is Cc1ccc(CC(Cl)c2sc(C)cc2Br)cc1. The van der Waals surface area contributed by atoms with Gasteiger partial charge in [0, 0.05) is 14.2 Å². The van der Waals surface area contributed by atoms with Crippen LogP contribution in [0.25, 0.3) is 0 Å². The maximum absolute atomic E-state index is 6.48. The molecule has 0 saturated carbocycles. The van der Waals surface area contributed by atoms with Crippen molar-refractivity contribution in [1.29, 1.82) is 0 Å². The number of thiophene rings is 1. The summed E-state index contributed by atoms with van der Waals surface area (Å²) < 4.78 is 1.13. The van der Waals surface area contributed by atoms with E-state index in [-0.39, 0.29) is 5.38 Å². The average molecular weight is 330 g/mol. The third kappa shape index (κ3) is 3.34. The maximum Gasteiger partial charge on any atom is 0.0730 e. The molecule has 0 fully saturated rings. The van der Waals surface area contributed by atoms with Gasteiger partial charge in [0.05, 0.1) is 5.38 Å². The van der Waals surface area contributed by atoms with Gasteiger partial charge in [0.1, 0.15) is 0 Å². The van der Waals surface area contributed by atoms with Gasteiger partial charge in [-0.3, -0.25) is 0 Å². The molecule has 17 heavy (non-hydrogen) atoms. The van der Waals surface area contributed by atoms with Crippen LogP contribution in [0.2, 0.25) is 0 Å². The number of hydrogen-bond acceptors (Lipinski definition) is 1. The molecule has 0 aliphatic rings. The molecule has 1 aromatic carbocycles. The Labute approximate surface area is 120 Å². The number of halogens is 2. The lowest BCUT2D eigenvalue weighted by atomic mass is 10.1. The molecule has 1 aromatic heterocycles. The Hall–Kier alpha value is -0.310. The smallest absolute Gasteiger partial charge is 0.0730 e. The predicted molar refractivity (Wildman–Crippen MR) is 80.2 cm³/mol. The fourth-order valence-electron chi connectivity index (χ4n) is 1.74. The van der Waals surface area contributed by atoms with Crippen LogP contribution in [0.3, 0.4) is 0 Å². The first kappa shape index (κ1) is 13.1. The van der Waals surface area contributed by atoms with Crippen molar-refractivity contribution in [3.8, 4) is 0 Å². The standard InChI is InChI=1S/C14H14BrClS/c1-9-3-5-11(6-4-9)8-13(16)14-12(15)7-10(2)17-14/h3-7,13H,8H2,1-2H3. The Bertz CT molecular complexity index is 501. The fourth-order valence-corrected chi connectivity index (χ4v) is 4.21. The van der Waals surface area contributed by atoms with Gasteiger partial charge in [-0.1, -0.05) is 29.8 Å². The summed E-state index contributed by atoms with van der Waals surface area (Å²) in [7, 11) is 0. The van der Waals surface area contributed by atoms with Gasteiger partial charge in [-0.25, -0.2) is 0 Å². The van der Waals surface area contributed by atoms with Crippen molar-refractivity contribution in [3.63, 3.8) is 0 Å². The van der Waals surface area contributed by atoms with Crippen LogP contribution in [0.4, 0.5) is 0 Å². The zero-order chi connectivity index (χ0) is 12.4. The van der Waals surface area contributed by atoms with E-state index in [1.807, 2.05) is 0 Å². The van der Waals surface area contributed by atoms with Crippen LogP contribution in [0, 0.1) is 13.8 Å². The summed E-state index contributed by atoms with van der Waals surface area (Å²) >= 11 is 11.8. The van der Waals surface area contributed by atoms with Crippen molar-refractivity contribution in [2.45, 2.75) is 25.6 Å². The molecule has 0 saturated heterocycles. The van der Waals surface area contributed by atoms with Crippen molar-refractivity contribution in [3.05, 3.63) is 55.7 Å². The van der Waals surface area contributed by atoms with Crippen molar-refractivity contribution in [2.75, 3.05) is 0 Å². The number of benzene rings is 1. The van der Waals surface area contributed by atoms with E-state index in [2.05, 4.69) is 60.1 Å². The Morgan fingerprint density at radius 1 is 1.24 bits per heavy atom. The number of rotatable bonds is 3. The van der Waals surface area contributed by atoms with Crippen molar-refractivity contribution in [1.82, 2.24) is 0 Å². The number of hydrogen-bond donors (Lipinski definition) is 0. The van der Waals surface area contributed by atoms with Gasteiger partial charge in [-0.15, -0.1) is 22.9 Å². The van der Waals surface area contributed by atoms with Gasteiger partial charge in [0.15, 0.2) is 0 Å². The summed E-state index contributed by atoms with van der Waals surface area (Å²) in [5.41, 5.74) is 2.57. The van der Waals surface area contributed by atoms with Crippen LogP contribution in [0.5, 0.6) is 0 Å². The van der Waals surface area contributed by atoms with Crippen molar-refractivity contribution < 1.29 is 0 Å². The summed E-state index contributed by atoms with van der Waals surface area (Å²) in [6, 6.07) is 10.7. The molecule has 0 radical (unpaired) electrons. The normalized spacial score (nSPS) is 12.7. The molecule has 0 bridgehead atoms. The second kappa shape index (κ2) is 5.55. The van der Waals surface area contributed by atoms with Gasteiger partial charge in [0.25, 0.3) is 0 Å². The quantitative estimate of drug-likeness (QED) is 0.638. The van der Waals surface area contributed by atoms with E-state index < -0.39 is 0 Å². The third-order valence-corrected chi connectivity index (χ3v) is 5.24. The van der Waals surface area contributed by atoms with E-state index in [1.165, 1.54) is 20.9 Å². The van der Waals surface area contributed by atoms with E-state index in [4.69, 9.17) is 11.6 Å². The Morgan fingerprint density at radius 2 is 1.88 bits per heavy atom. The molecular weight excluding hydrogens is 316 g/mol. The fraction of sp³-hybridized carbons (Fsp3) is 0.286. The highest BCUT2D eigenvalue weighted by atomic mass is 79.9. The molecule has 0 amide bonds. The second-order valence-electron chi connectivity index (χ2n) is 4.23. The Morgan fingerprint density at radius 3 is 2.41 bits per heavy atom. The van der Waals surface area contributed by atoms with Gasteiger partial charge >= 0.3 is 0 Å². The van der Waals surface area contributed by atoms with Crippen LogP contribution in [-0.2, 0) is 6.42 Å². The largest absolute Gasteiger partial charge is 0.143 e. The third-order valence-electron chi connectivity index (χ3n) is 2.66. The van der Waals surface area contributed by atoms with Gasteiger partial charge in [-0.05, 0) is 47.8 Å². The minimum Gasteiger partial charge on any atom is -0.143 e. The van der Waals surface area contributed by atoms with Crippen LogP contribution in [0.15, 0.2) is 34.8 Å². The van der Waals surface area contributed by atoms with Crippen LogP contribution >= 0.6 is 38.9 Å². The van der Waals surface area contributed by atoms with Gasteiger partial charge < -0.3 is 0 Å². The summed E-state index contributed by atoms with van der Waals surface area (Å²) in [6.45, 7) is 4.20. The molecular formula is C14H14BrClS. The predicted octanol–water partition coefficient (Wildman–Crippen LogP) is 5.65. The lowest BCUT2D eigenvalue weighted by Gasteiger charge is -2.08. The first-order valence-corrected chi connectivity index (χ1v) is 7.56. The topological polar surface area (TPSA) is 0 Å². The Kier molecular flexibility index (Phi) is 4.29. The van der Waals surface area contributed by atoms with Gasteiger partial charge in [-0.2, -0.15) is 0 Å². The molecule has 1 unspecified atom stereocenters. The highest BCUT2D eigenvalue weighted by Gasteiger charge is 2.15. The lowest BCUT2D eigenvalue weighted by Crippen LogP contribution is -1.94. The van der Waals surface area contributed by atoms with E-state index in [9.17, 15) is 0 Å². The van der Waals surface area contributed by atoms with Crippen molar-refractivity contribution >= 4 is 38.9 Å². The second-order valence-corrected chi connectivity index (χ2v) is 6.90. The monoisotopic (exact) mass is 328 g/mol. The molecule has 2 rings (SSSR count). The molecule has 90 valence electrons. The van der Waals surface area contributed by atoms with E-state index in [1.54, 1.807) is 11.3 Å². The number of alkyl halides is 1. The first-order chi connectivity index (χ1) is 8.06. The van der Waals surface area contributed by atoms with Gasteiger partial charge in [0.2, 0.25) is 0 Å². The lowest BCUT2D eigenvalue weighted by molar-refractivity contribution is 0.935. The van der Waals surface area contributed by atoms with Crippen LogP contribution < -0.4 is 0 Å². The highest BCUT2D eigenvalue weighted by molar-refractivity contribution is 9.10. The van der Waals surface area contributed by atoms with E-state index in [0.29, 0.717) is 0 Å². The summed E-state index contributed by atoms with van der Waals surface area (Å²) in [6.07, 6.45) is 0.875. The summed E-state index contributed by atoms with van der Waals surface area (Å²) in [4.78, 5) is 2.52. The zero-order valence-corrected chi connectivity index (χ0v) is 13.0. The average Bonchev–Trinajstić information content (AvgIpc) is 2.61. The van der Waals surface area contributed by atoms with Crippen LogP contribution in [-0.4, -0.2) is 0 Å². The molecule has 3 heteroatoms. The minimum atomic E-state index is 0.0470. The number of aryl methyl sites for hydroxylation is 2. The molecule has 0 aliphatic carbocycles. The minimum absolute atomic E-state index is 0.0470. The van der Waals surface area contributed by atoms with E-state index >= 15 is 0 Å². The van der Waals surface area contributed by atoms with Crippen molar-refractivity contribution in [2.24, 2.45) is 0 Å². The van der Waals surface area contributed by atoms with E-state index in [0.717, 1.165) is 10.9 Å². The molecule has 1 atom stereocenters. The maximum atomic E-state index is 6.48. The highest BCUT2D eigenvalue weighted by Crippen LogP contribution is 2.37. The molecule has 2 aromatic rings. The summed E-state index contributed by atoms with van der Waals surface area (Å²) in [5, 5.41) is 0.0470. The first-order valence-electron chi connectivity index (χ1n) is 5.51. The zero-order valence-electron chi connectivity index (χ0n) is 9.84. The molecule has 0 nitrogen and oxygen atoms in total. The molecule has 0 N–H and O–H groups in total.